The predicted octanol–water partition coefficient (Wildman–Crippen LogP) is 1.11. The third kappa shape index (κ3) is 2.58. The molecule has 88 valence electrons. The van der Waals surface area contributed by atoms with E-state index in [0.29, 0.717) is 0 Å². The summed E-state index contributed by atoms with van der Waals surface area (Å²) in [5.74, 6) is -0.444. The highest BCUT2D eigenvalue weighted by Crippen LogP contribution is 2.12. The van der Waals surface area contributed by atoms with Crippen molar-refractivity contribution in [1.29, 1.82) is 0 Å². The Bertz CT molecular complexity index is 452. The molecule has 0 amide bonds. The van der Waals surface area contributed by atoms with Gasteiger partial charge in [-0.05, 0) is 37.1 Å². The summed E-state index contributed by atoms with van der Waals surface area (Å²) in [5, 5.41) is 1.67. The lowest BCUT2D eigenvalue weighted by Crippen LogP contribution is -2.39. The molecule has 0 bridgehead atoms. The molecule has 2 rings (SSSR count). The summed E-state index contributed by atoms with van der Waals surface area (Å²) >= 11 is 0. The lowest BCUT2D eigenvalue weighted by Gasteiger charge is -2.16. The van der Waals surface area contributed by atoms with Crippen molar-refractivity contribution in [3.8, 4) is 0 Å². The quantitative estimate of drug-likeness (QED) is 0.866. The van der Waals surface area contributed by atoms with Gasteiger partial charge >= 0.3 is 0 Å². The molecular weight excluding hydrogens is 231 g/mol. The van der Waals surface area contributed by atoms with Gasteiger partial charge in [0.05, 0.1) is 4.90 Å². The zero-order valence-electron chi connectivity index (χ0n) is 8.69. The van der Waals surface area contributed by atoms with Crippen LogP contribution in [0.4, 0.5) is 4.39 Å². The minimum atomic E-state index is -3.55. The van der Waals surface area contributed by atoms with Crippen molar-refractivity contribution in [2.75, 3.05) is 13.1 Å². The second-order valence-electron chi connectivity index (χ2n) is 3.74. The monoisotopic (exact) mass is 244 g/mol. The number of hydrogen-bond acceptors (Lipinski definition) is 3. The van der Waals surface area contributed by atoms with Gasteiger partial charge in [0.2, 0.25) is 0 Å². The van der Waals surface area contributed by atoms with Crippen LogP contribution in [-0.2, 0) is 10.0 Å². The largest absolute Gasteiger partial charge is 0.253 e. The molecule has 6 heteroatoms. The Morgan fingerprint density at radius 1 is 1.12 bits per heavy atom. The van der Waals surface area contributed by atoms with E-state index < -0.39 is 15.8 Å². The number of nitrogens with zero attached hydrogens (tertiary/aromatic N) is 1. The van der Waals surface area contributed by atoms with Crippen molar-refractivity contribution in [1.82, 2.24) is 9.84 Å². The zero-order chi connectivity index (χ0) is 11.6. The number of hydrazine groups is 1. The van der Waals surface area contributed by atoms with E-state index in [2.05, 4.69) is 4.83 Å². The van der Waals surface area contributed by atoms with Gasteiger partial charge in [0, 0.05) is 13.1 Å². The van der Waals surface area contributed by atoms with E-state index in [0.717, 1.165) is 38.1 Å². The average molecular weight is 244 g/mol. The summed E-state index contributed by atoms with van der Waals surface area (Å²) in [5.41, 5.74) is 0. The second kappa shape index (κ2) is 4.48. The first-order valence-corrected chi connectivity index (χ1v) is 6.59. The Balaban J connectivity index is 2.14. The van der Waals surface area contributed by atoms with E-state index in [1.54, 1.807) is 5.01 Å². The van der Waals surface area contributed by atoms with Crippen LogP contribution in [0.1, 0.15) is 12.8 Å². The van der Waals surface area contributed by atoms with Gasteiger partial charge in [-0.2, -0.15) is 0 Å². The Labute approximate surface area is 94.1 Å². The molecule has 1 fully saturated rings. The Kier molecular flexibility index (Phi) is 3.22. The van der Waals surface area contributed by atoms with E-state index in [1.165, 1.54) is 12.1 Å². The van der Waals surface area contributed by atoms with E-state index in [4.69, 9.17) is 0 Å². The van der Waals surface area contributed by atoms with Crippen LogP contribution >= 0.6 is 0 Å². The maximum atomic E-state index is 12.7. The van der Waals surface area contributed by atoms with Crippen LogP contribution in [0.5, 0.6) is 0 Å². The molecule has 0 radical (unpaired) electrons. The summed E-state index contributed by atoms with van der Waals surface area (Å²) in [7, 11) is -3.55. The van der Waals surface area contributed by atoms with Gasteiger partial charge in [-0.15, -0.1) is 4.83 Å². The summed E-state index contributed by atoms with van der Waals surface area (Å²) in [4.78, 5) is 2.56. The van der Waals surface area contributed by atoms with E-state index in [1.807, 2.05) is 0 Å². The zero-order valence-corrected chi connectivity index (χ0v) is 9.50. The van der Waals surface area contributed by atoms with E-state index in [9.17, 15) is 12.8 Å². The summed E-state index contributed by atoms with van der Waals surface area (Å²) in [6.45, 7) is 1.45. The maximum Gasteiger partial charge on any atom is 0.253 e. The fourth-order valence-electron chi connectivity index (χ4n) is 1.64. The van der Waals surface area contributed by atoms with Crippen LogP contribution in [0.15, 0.2) is 29.2 Å². The number of sulfonamides is 1. The Hall–Kier alpha value is -0.980. The molecule has 4 nitrogen and oxygen atoms in total. The first-order valence-electron chi connectivity index (χ1n) is 5.11. The predicted molar refractivity (Wildman–Crippen MR) is 57.5 cm³/mol. The van der Waals surface area contributed by atoms with Crippen molar-refractivity contribution in [3.63, 3.8) is 0 Å². The molecule has 1 aliphatic heterocycles. The molecule has 16 heavy (non-hydrogen) atoms. The number of hydrogen-bond donors (Lipinski definition) is 1. The third-order valence-corrected chi connectivity index (χ3v) is 3.87. The van der Waals surface area contributed by atoms with Gasteiger partial charge < -0.3 is 0 Å². The van der Waals surface area contributed by atoms with Gasteiger partial charge in [0.15, 0.2) is 0 Å². The summed E-state index contributed by atoms with van der Waals surface area (Å²) in [6.07, 6.45) is 1.98. The highest BCUT2D eigenvalue weighted by atomic mass is 32.2. The first-order chi connectivity index (χ1) is 7.58. The van der Waals surface area contributed by atoms with Crippen LogP contribution in [0, 0.1) is 5.82 Å². The van der Waals surface area contributed by atoms with Crippen LogP contribution in [0.25, 0.3) is 0 Å². The molecule has 1 N–H and O–H groups in total. The molecule has 1 aromatic rings. The van der Waals surface area contributed by atoms with Crippen LogP contribution in [-0.4, -0.2) is 26.5 Å². The smallest absolute Gasteiger partial charge is 0.230 e. The summed E-state index contributed by atoms with van der Waals surface area (Å²) in [6, 6.07) is 4.79. The number of nitrogens with one attached hydrogen (secondary N) is 1. The summed E-state index contributed by atoms with van der Waals surface area (Å²) < 4.78 is 36.3. The lowest BCUT2D eigenvalue weighted by atomic mass is 10.4. The van der Waals surface area contributed by atoms with Crippen LogP contribution in [0.2, 0.25) is 0 Å². The van der Waals surface area contributed by atoms with E-state index >= 15 is 0 Å². The number of benzene rings is 1. The van der Waals surface area contributed by atoms with Crippen molar-refractivity contribution in [2.45, 2.75) is 17.7 Å². The number of halogens is 1. The van der Waals surface area contributed by atoms with Gasteiger partial charge in [0.25, 0.3) is 10.0 Å². The number of rotatable bonds is 3. The Morgan fingerprint density at radius 2 is 1.69 bits per heavy atom. The molecule has 0 aliphatic carbocycles. The van der Waals surface area contributed by atoms with Crippen molar-refractivity contribution in [3.05, 3.63) is 30.1 Å². The average Bonchev–Trinajstić information content (AvgIpc) is 2.70. The highest BCUT2D eigenvalue weighted by molar-refractivity contribution is 7.89. The fourth-order valence-corrected chi connectivity index (χ4v) is 2.77. The van der Waals surface area contributed by atoms with Gasteiger partial charge in [-0.1, -0.05) is 0 Å². The molecule has 0 unspecified atom stereocenters. The van der Waals surface area contributed by atoms with Gasteiger partial charge in [-0.3, -0.25) is 0 Å². The molecule has 1 heterocycles. The van der Waals surface area contributed by atoms with Gasteiger partial charge in [0.1, 0.15) is 5.82 Å². The van der Waals surface area contributed by atoms with Crippen molar-refractivity contribution < 1.29 is 12.8 Å². The molecule has 0 spiro atoms. The maximum absolute atomic E-state index is 12.7. The fraction of sp³-hybridized carbons (Fsp3) is 0.400. The van der Waals surface area contributed by atoms with Gasteiger partial charge in [-0.25, -0.2) is 17.8 Å². The lowest BCUT2D eigenvalue weighted by molar-refractivity contribution is 0.300. The SMILES string of the molecule is O=S(=O)(NN1CCCC1)c1ccc(F)cc1. The third-order valence-electron chi connectivity index (χ3n) is 2.48. The van der Waals surface area contributed by atoms with Crippen molar-refractivity contribution >= 4 is 10.0 Å². The van der Waals surface area contributed by atoms with Crippen LogP contribution in [0.3, 0.4) is 0 Å². The first kappa shape index (κ1) is 11.5. The van der Waals surface area contributed by atoms with Crippen molar-refractivity contribution in [2.24, 2.45) is 0 Å². The molecule has 0 saturated carbocycles. The molecular formula is C10H13FN2O2S. The van der Waals surface area contributed by atoms with E-state index in [-0.39, 0.29) is 4.90 Å². The van der Waals surface area contributed by atoms with Crippen LogP contribution < -0.4 is 4.83 Å². The normalized spacial score (nSPS) is 17.8. The second-order valence-corrected chi connectivity index (χ2v) is 5.40. The topological polar surface area (TPSA) is 49.4 Å². The molecule has 1 aromatic carbocycles. The molecule has 1 aliphatic rings. The minimum Gasteiger partial charge on any atom is -0.230 e. The highest BCUT2D eigenvalue weighted by Gasteiger charge is 2.20. The molecule has 1 saturated heterocycles. The minimum absolute atomic E-state index is 0.0841. The molecule has 0 aromatic heterocycles. The molecule has 0 atom stereocenters. The standard InChI is InChI=1S/C10H13FN2O2S/c11-9-3-5-10(6-4-9)16(14,15)12-13-7-1-2-8-13/h3-6,12H,1-2,7-8H2. The Morgan fingerprint density at radius 3 is 2.25 bits per heavy atom.